The standard InChI is InChI=1S/C18H15BrFN3OS/c1-11-8-14(6-7-16(11)19)21-17(24)9-15-10-25-18(23-15)22-13-4-2-12(20)3-5-13/h2-8,10H,9H2,1H3,(H,21,24)(H,22,23). The first-order valence-corrected chi connectivity index (χ1v) is 9.20. The van der Waals surface area contributed by atoms with Gasteiger partial charge in [0.05, 0.1) is 12.1 Å². The van der Waals surface area contributed by atoms with Gasteiger partial charge in [0.2, 0.25) is 5.91 Å². The molecule has 4 nitrogen and oxygen atoms in total. The molecule has 0 spiro atoms. The summed E-state index contributed by atoms with van der Waals surface area (Å²) >= 11 is 4.83. The molecule has 25 heavy (non-hydrogen) atoms. The number of aryl methyl sites for hydroxylation is 1. The molecule has 0 unspecified atom stereocenters. The Balaban J connectivity index is 1.59. The quantitative estimate of drug-likeness (QED) is 0.591. The molecule has 7 heteroatoms. The Hall–Kier alpha value is -2.25. The van der Waals surface area contributed by atoms with Crippen LogP contribution < -0.4 is 10.6 Å². The lowest BCUT2D eigenvalue weighted by Crippen LogP contribution is -2.14. The third-order valence-electron chi connectivity index (χ3n) is 3.43. The predicted molar refractivity (Wildman–Crippen MR) is 103 cm³/mol. The van der Waals surface area contributed by atoms with Crippen LogP contribution in [-0.4, -0.2) is 10.9 Å². The van der Waals surface area contributed by atoms with E-state index in [1.807, 2.05) is 30.5 Å². The van der Waals surface area contributed by atoms with E-state index in [-0.39, 0.29) is 18.1 Å². The van der Waals surface area contributed by atoms with E-state index in [0.717, 1.165) is 21.4 Å². The Morgan fingerprint density at radius 3 is 2.64 bits per heavy atom. The lowest BCUT2D eigenvalue weighted by molar-refractivity contribution is -0.115. The zero-order chi connectivity index (χ0) is 17.8. The topological polar surface area (TPSA) is 54.0 Å². The Bertz CT molecular complexity index is 896. The van der Waals surface area contributed by atoms with Crippen LogP contribution in [0.25, 0.3) is 0 Å². The molecule has 2 aromatic carbocycles. The van der Waals surface area contributed by atoms with Crippen LogP contribution in [0.3, 0.4) is 0 Å². The fourth-order valence-electron chi connectivity index (χ4n) is 2.19. The molecule has 1 heterocycles. The minimum atomic E-state index is -0.287. The van der Waals surface area contributed by atoms with E-state index in [1.54, 1.807) is 12.1 Å². The molecular weight excluding hydrogens is 405 g/mol. The number of benzene rings is 2. The number of carbonyl (C=O) groups is 1. The van der Waals surface area contributed by atoms with E-state index >= 15 is 0 Å². The van der Waals surface area contributed by atoms with E-state index in [4.69, 9.17) is 0 Å². The highest BCUT2D eigenvalue weighted by molar-refractivity contribution is 9.10. The molecule has 0 aliphatic rings. The van der Waals surface area contributed by atoms with Crippen molar-refractivity contribution in [1.29, 1.82) is 0 Å². The van der Waals surface area contributed by atoms with Crippen molar-refractivity contribution in [2.45, 2.75) is 13.3 Å². The summed E-state index contributed by atoms with van der Waals surface area (Å²) in [5.74, 6) is -0.411. The van der Waals surface area contributed by atoms with Gasteiger partial charge in [-0.3, -0.25) is 4.79 Å². The van der Waals surface area contributed by atoms with Crippen molar-refractivity contribution in [2.75, 3.05) is 10.6 Å². The molecule has 128 valence electrons. The number of nitrogens with one attached hydrogen (secondary N) is 2. The van der Waals surface area contributed by atoms with Gasteiger partial charge in [-0.25, -0.2) is 9.37 Å². The van der Waals surface area contributed by atoms with Gasteiger partial charge in [0.25, 0.3) is 0 Å². The van der Waals surface area contributed by atoms with Crippen molar-refractivity contribution in [2.24, 2.45) is 0 Å². The monoisotopic (exact) mass is 419 g/mol. The average molecular weight is 420 g/mol. The zero-order valence-corrected chi connectivity index (χ0v) is 15.7. The van der Waals surface area contributed by atoms with Gasteiger partial charge in [0.15, 0.2) is 5.13 Å². The number of carbonyl (C=O) groups excluding carboxylic acids is 1. The molecule has 1 amide bonds. The second-order valence-electron chi connectivity index (χ2n) is 5.46. The highest BCUT2D eigenvalue weighted by Crippen LogP contribution is 2.22. The van der Waals surface area contributed by atoms with Crippen LogP contribution in [-0.2, 0) is 11.2 Å². The molecule has 0 radical (unpaired) electrons. The van der Waals surface area contributed by atoms with E-state index in [0.29, 0.717) is 10.8 Å². The van der Waals surface area contributed by atoms with Gasteiger partial charge in [-0.2, -0.15) is 0 Å². The van der Waals surface area contributed by atoms with Crippen LogP contribution in [0, 0.1) is 12.7 Å². The smallest absolute Gasteiger partial charge is 0.230 e. The number of halogens is 2. The first-order valence-electron chi connectivity index (χ1n) is 7.52. The minimum Gasteiger partial charge on any atom is -0.332 e. The number of aromatic nitrogens is 1. The van der Waals surface area contributed by atoms with Gasteiger partial charge < -0.3 is 10.6 Å². The fourth-order valence-corrected chi connectivity index (χ4v) is 3.17. The number of amides is 1. The lowest BCUT2D eigenvalue weighted by atomic mass is 10.2. The first-order chi connectivity index (χ1) is 12.0. The maximum Gasteiger partial charge on any atom is 0.230 e. The second kappa shape index (κ2) is 7.76. The molecule has 0 aliphatic carbocycles. The van der Waals surface area contributed by atoms with E-state index in [1.165, 1.54) is 23.5 Å². The third kappa shape index (κ3) is 4.87. The van der Waals surface area contributed by atoms with Crippen molar-refractivity contribution in [3.05, 3.63) is 69.4 Å². The van der Waals surface area contributed by atoms with Crippen LogP contribution in [0.15, 0.2) is 52.3 Å². The number of thiazole rings is 1. The van der Waals surface area contributed by atoms with Crippen LogP contribution in [0.4, 0.5) is 20.9 Å². The summed E-state index contributed by atoms with van der Waals surface area (Å²) in [6, 6.07) is 11.7. The molecule has 0 bridgehead atoms. The molecule has 3 rings (SSSR count). The first kappa shape index (κ1) is 17.6. The molecule has 3 aromatic rings. The van der Waals surface area contributed by atoms with Gasteiger partial charge in [-0.15, -0.1) is 11.3 Å². The highest BCUT2D eigenvalue weighted by Gasteiger charge is 2.09. The van der Waals surface area contributed by atoms with Crippen molar-refractivity contribution in [1.82, 2.24) is 4.98 Å². The van der Waals surface area contributed by atoms with Gasteiger partial charge >= 0.3 is 0 Å². The van der Waals surface area contributed by atoms with Crippen LogP contribution in [0.5, 0.6) is 0 Å². The predicted octanol–water partition coefficient (Wildman–Crippen LogP) is 5.28. The maximum atomic E-state index is 12.9. The summed E-state index contributed by atoms with van der Waals surface area (Å²) in [6.07, 6.45) is 0.191. The molecule has 1 aromatic heterocycles. The number of nitrogens with zero attached hydrogens (tertiary/aromatic N) is 1. The van der Waals surface area contributed by atoms with Gasteiger partial charge in [-0.05, 0) is 55.0 Å². The number of hydrogen-bond donors (Lipinski definition) is 2. The molecule has 0 aliphatic heterocycles. The average Bonchev–Trinajstić information content (AvgIpc) is 3.00. The van der Waals surface area contributed by atoms with Crippen LogP contribution >= 0.6 is 27.3 Å². The normalized spacial score (nSPS) is 10.5. The van der Waals surface area contributed by atoms with E-state index in [2.05, 4.69) is 31.5 Å². The molecule has 0 saturated heterocycles. The van der Waals surface area contributed by atoms with Gasteiger partial charge in [0, 0.05) is 21.2 Å². The molecule has 0 saturated carbocycles. The Morgan fingerprint density at radius 2 is 1.92 bits per heavy atom. The summed E-state index contributed by atoms with van der Waals surface area (Å²) < 4.78 is 13.9. The van der Waals surface area contributed by atoms with E-state index in [9.17, 15) is 9.18 Å². The van der Waals surface area contributed by atoms with Gasteiger partial charge in [0.1, 0.15) is 5.82 Å². The summed E-state index contributed by atoms with van der Waals surface area (Å²) in [6.45, 7) is 1.97. The van der Waals surface area contributed by atoms with Crippen molar-refractivity contribution in [3.63, 3.8) is 0 Å². The Morgan fingerprint density at radius 1 is 1.20 bits per heavy atom. The largest absolute Gasteiger partial charge is 0.332 e. The number of rotatable bonds is 5. The molecule has 2 N–H and O–H groups in total. The SMILES string of the molecule is Cc1cc(NC(=O)Cc2csc(Nc3ccc(F)cc3)n2)ccc1Br. The maximum absolute atomic E-state index is 12.9. The highest BCUT2D eigenvalue weighted by atomic mass is 79.9. The molecule has 0 fully saturated rings. The zero-order valence-electron chi connectivity index (χ0n) is 13.3. The molecule has 0 atom stereocenters. The van der Waals surface area contributed by atoms with Crippen LogP contribution in [0.2, 0.25) is 0 Å². The van der Waals surface area contributed by atoms with Crippen molar-refractivity contribution < 1.29 is 9.18 Å². The minimum absolute atomic E-state index is 0.125. The van der Waals surface area contributed by atoms with E-state index < -0.39 is 0 Å². The summed E-state index contributed by atoms with van der Waals surface area (Å²) in [5.41, 5.74) is 3.24. The third-order valence-corrected chi connectivity index (χ3v) is 5.13. The van der Waals surface area contributed by atoms with Gasteiger partial charge in [-0.1, -0.05) is 15.9 Å². The fraction of sp³-hybridized carbons (Fsp3) is 0.111. The van der Waals surface area contributed by atoms with Crippen molar-refractivity contribution in [3.8, 4) is 0 Å². The molecular formula is C18H15BrFN3OS. The number of anilines is 3. The summed E-state index contributed by atoms with van der Waals surface area (Å²) in [5, 5.41) is 8.45. The lowest BCUT2D eigenvalue weighted by Gasteiger charge is -2.06. The number of hydrogen-bond acceptors (Lipinski definition) is 4. The van der Waals surface area contributed by atoms with Crippen LogP contribution in [0.1, 0.15) is 11.3 Å². The Kier molecular flexibility index (Phi) is 5.45. The Labute approximate surface area is 157 Å². The summed E-state index contributed by atoms with van der Waals surface area (Å²) in [4.78, 5) is 16.5. The van der Waals surface area contributed by atoms with Crippen molar-refractivity contribution >= 4 is 49.7 Å². The second-order valence-corrected chi connectivity index (χ2v) is 7.18. The summed E-state index contributed by atoms with van der Waals surface area (Å²) in [7, 11) is 0.